The Labute approximate surface area is 211 Å². The van der Waals surface area contributed by atoms with E-state index in [1.54, 1.807) is 0 Å². The molecule has 0 spiro atoms. The van der Waals surface area contributed by atoms with Crippen LogP contribution in [-0.4, -0.2) is 22.7 Å². The van der Waals surface area contributed by atoms with E-state index in [-0.39, 0.29) is 29.6 Å². The van der Waals surface area contributed by atoms with E-state index in [9.17, 15) is 14.4 Å². The molecule has 5 aliphatic carbocycles. The van der Waals surface area contributed by atoms with Gasteiger partial charge in [-0.15, -0.1) is 0 Å². The summed E-state index contributed by atoms with van der Waals surface area (Å²) in [5.41, 5.74) is 4.52. The van der Waals surface area contributed by atoms with Crippen molar-refractivity contribution in [3.63, 3.8) is 0 Å². The summed E-state index contributed by atoms with van der Waals surface area (Å²) in [4.78, 5) is 41.6. The van der Waals surface area contributed by atoms with Crippen molar-refractivity contribution in [3.8, 4) is 0 Å². The van der Waals surface area contributed by atoms with Crippen molar-refractivity contribution in [3.05, 3.63) is 83.9 Å². The molecular formula is C31H32N2O3. The van der Waals surface area contributed by atoms with E-state index in [1.165, 1.54) is 19.3 Å². The van der Waals surface area contributed by atoms with Gasteiger partial charge in [-0.1, -0.05) is 72.8 Å². The van der Waals surface area contributed by atoms with E-state index in [0.717, 1.165) is 35.4 Å². The molecular weight excluding hydrogens is 448 g/mol. The van der Waals surface area contributed by atoms with E-state index in [0.29, 0.717) is 17.8 Å². The largest absolute Gasteiger partial charge is 0.273 e. The van der Waals surface area contributed by atoms with Gasteiger partial charge in [0, 0.05) is 11.8 Å². The molecule has 4 atom stereocenters. The zero-order valence-corrected chi connectivity index (χ0v) is 20.4. The fraction of sp³-hybridized carbons (Fsp3) is 0.452. The van der Waals surface area contributed by atoms with E-state index in [2.05, 4.69) is 17.6 Å². The van der Waals surface area contributed by atoms with Crippen LogP contribution >= 0.6 is 0 Å². The van der Waals surface area contributed by atoms with Crippen molar-refractivity contribution in [1.29, 1.82) is 0 Å². The molecule has 2 aromatic carbocycles. The maximum absolute atomic E-state index is 13.9. The van der Waals surface area contributed by atoms with Gasteiger partial charge in [0.2, 0.25) is 5.91 Å². The van der Waals surface area contributed by atoms with Gasteiger partial charge in [-0.2, -0.15) is 5.01 Å². The third-order valence-electron chi connectivity index (χ3n) is 9.80. The highest BCUT2D eigenvalue weighted by atomic mass is 16.2. The van der Waals surface area contributed by atoms with Gasteiger partial charge in [0.05, 0.1) is 17.3 Å². The number of hydrazine groups is 1. The second-order valence-corrected chi connectivity index (χ2v) is 12.0. The molecule has 1 aliphatic heterocycles. The van der Waals surface area contributed by atoms with Gasteiger partial charge >= 0.3 is 0 Å². The number of amides is 3. The number of imide groups is 1. The predicted molar refractivity (Wildman–Crippen MR) is 135 cm³/mol. The first kappa shape index (κ1) is 22.0. The summed E-state index contributed by atoms with van der Waals surface area (Å²) in [6.07, 6.45) is 10.6. The van der Waals surface area contributed by atoms with E-state index < -0.39 is 17.3 Å². The smallest absolute Gasteiger partial charge is 0.253 e. The standard InChI is InChI=1S/C31H32N2O3/c34-28-26-24(22-7-3-1-4-8-22)11-12-25(23-9-5-2-6-10-23)27(26)29(35)33(28)32-30(36)31-16-19-13-20(17-31)15-21(14-19)18-31/h1-12,19-21,24-27H,13-18H2,(H,32,36)/t19?,20?,21?,24-,25+,26-,27+,31?. The number of rotatable bonds is 4. The number of allylic oxidation sites excluding steroid dienone is 2. The molecule has 5 heteroatoms. The van der Waals surface area contributed by atoms with Crippen LogP contribution in [0.5, 0.6) is 0 Å². The van der Waals surface area contributed by atoms with Gasteiger partial charge in [0.15, 0.2) is 0 Å². The maximum Gasteiger partial charge on any atom is 0.253 e. The minimum absolute atomic E-state index is 0.109. The highest BCUT2D eigenvalue weighted by molar-refractivity contribution is 6.08. The third-order valence-corrected chi connectivity index (χ3v) is 9.80. The summed E-state index contributed by atoms with van der Waals surface area (Å²) < 4.78 is 0. The van der Waals surface area contributed by atoms with Gasteiger partial charge in [-0.3, -0.25) is 19.8 Å². The Morgan fingerprint density at radius 3 is 1.53 bits per heavy atom. The lowest BCUT2D eigenvalue weighted by atomic mass is 9.49. The van der Waals surface area contributed by atoms with Crippen LogP contribution in [0.3, 0.4) is 0 Å². The van der Waals surface area contributed by atoms with Crippen LogP contribution in [-0.2, 0) is 14.4 Å². The zero-order valence-electron chi connectivity index (χ0n) is 20.4. The fourth-order valence-corrected chi connectivity index (χ4v) is 8.65. The highest BCUT2D eigenvalue weighted by Gasteiger charge is 2.59. The average molecular weight is 481 g/mol. The highest BCUT2D eigenvalue weighted by Crippen LogP contribution is 2.60. The molecule has 1 saturated heterocycles. The summed E-state index contributed by atoms with van der Waals surface area (Å²) in [6.45, 7) is 0. The number of benzene rings is 2. The van der Waals surface area contributed by atoms with Crippen LogP contribution in [0.2, 0.25) is 0 Å². The van der Waals surface area contributed by atoms with Crippen molar-refractivity contribution in [2.24, 2.45) is 35.0 Å². The molecule has 1 heterocycles. The first-order valence-electron chi connectivity index (χ1n) is 13.5. The molecule has 184 valence electrons. The van der Waals surface area contributed by atoms with Crippen LogP contribution in [0.15, 0.2) is 72.8 Å². The van der Waals surface area contributed by atoms with Gasteiger partial charge in [0.25, 0.3) is 11.8 Å². The molecule has 0 aromatic heterocycles. The number of nitrogens with zero attached hydrogens (tertiary/aromatic N) is 1. The van der Waals surface area contributed by atoms with Crippen LogP contribution in [0.1, 0.15) is 61.5 Å². The monoisotopic (exact) mass is 480 g/mol. The number of fused-ring (bicyclic) bond motifs is 1. The van der Waals surface area contributed by atoms with Crippen molar-refractivity contribution in [1.82, 2.24) is 10.4 Å². The topological polar surface area (TPSA) is 66.5 Å². The number of nitrogens with one attached hydrogen (secondary N) is 1. The summed E-state index contributed by atoms with van der Waals surface area (Å²) in [7, 11) is 0. The van der Waals surface area contributed by atoms with Crippen LogP contribution < -0.4 is 5.43 Å². The molecule has 6 aliphatic rings. The first-order valence-corrected chi connectivity index (χ1v) is 13.5. The summed E-state index contributed by atoms with van der Waals surface area (Å²) in [5.74, 6) is -0.287. The lowest BCUT2D eigenvalue weighted by Crippen LogP contribution is -2.58. The molecule has 36 heavy (non-hydrogen) atoms. The molecule has 1 N–H and O–H groups in total. The van der Waals surface area contributed by atoms with Crippen LogP contribution in [0.4, 0.5) is 0 Å². The van der Waals surface area contributed by atoms with Gasteiger partial charge < -0.3 is 0 Å². The average Bonchev–Trinajstić information content (AvgIpc) is 3.14. The molecule has 0 radical (unpaired) electrons. The molecule has 4 bridgehead atoms. The van der Waals surface area contributed by atoms with Gasteiger partial charge in [-0.05, 0) is 67.4 Å². The Hall–Kier alpha value is -3.21. The van der Waals surface area contributed by atoms with E-state index in [1.807, 2.05) is 60.7 Å². The van der Waals surface area contributed by atoms with Crippen molar-refractivity contribution in [2.45, 2.75) is 50.4 Å². The molecule has 3 amide bonds. The fourth-order valence-electron chi connectivity index (χ4n) is 8.65. The Balaban J connectivity index is 1.22. The summed E-state index contributed by atoms with van der Waals surface area (Å²) >= 11 is 0. The zero-order chi connectivity index (χ0) is 24.4. The lowest BCUT2D eigenvalue weighted by Gasteiger charge is -2.55. The van der Waals surface area contributed by atoms with Crippen molar-refractivity contribution < 1.29 is 14.4 Å². The normalized spacial score (nSPS) is 38.3. The molecule has 8 rings (SSSR count). The van der Waals surface area contributed by atoms with Gasteiger partial charge in [-0.25, -0.2) is 0 Å². The van der Waals surface area contributed by atoms with Gasteiger partial charge in [0.1, 0.15) is 0 Å². The number of hydrogen-bond donors (Lipinski definition) is 1. The van der Waals surface area contributed by atoms with Crippen LogP contribution in [0, 0.1) is 35.0 Å². The quantitative estimate of drug-likeness (QED) is 0.496. The molecule has 5 fully saturated rings. The first-order chi connectivity index (χ1) is 17.5. The predicted octanol–water partition coefficient (Wildman–Crippen LogP) is 4.97. The summed E-state index contributed by atoms with van der Waals surface area (Å²) in [5, 5.41) is 1.11. The SMILES string of the molecule is O=C1[C@@H]2[C@H](C(=O)N1NC(=O)C13CC4CC(CC(C4)C1)C3)[C@@H](c1ccccc1)C=C[C@H]2c1ccccc1. The minimum Gasteiger partial charge on any atom is -0.273 e. The summed E-state index contributed by atoms with van der Waals surface area (Å²) in [6, 6.07) is 19.9. The number of hydrogen-bond acceptors (Lipinski definition) is 3. The Morgan fingerprint density at radius 2 is 1.11 bits per heavy atom. The number of carbonyl (C=O) groups is 3. The third kappa shape index (κ3) is 3.31. The Morgan fingerprint density at radius 1 is 0.694 bits per heavy atom. The molecule has 0 unspecified atom stereocenters. The molecule has 4 saturated carbocycles. The second kappa shape index (κ2) is 8.16. The van der Waals surface area contributed by atoms with Crippen LogP contribution in [0.25, 0.3) is 0 Å². The van der Waals surface area contributed by atoms with E-state index >= 15 is 0 Å². The molecule has 2 aromatic rings. The Bertz CT molecular complexity index is 1130. The second-order valence-electron chi connectivity index (χ2n) is 12.0. The number of carbonyl (C=O) groups excluding carboxylic acids is 3. The Kier molecular flexibility index (Phi) is 4.99. The van der Waals surface area contributed by atoms with E-state index in [4.69, 9.17) is 0 Å². The van der Waals surface area contributed by atoms with Crippen molar-refractivity contribution in [2.75, 3.05) is 0 Å². The lowest BCUT2D eigenvalue weighted by molar-refractivity contribution is -0.160. The molecule has 5 nitrogen and oxygen atoms in total. The van der Waals surface area contributed by atoms with Crippen molar-refractivity contribution >= 4 is 17.7 Å². The minimum atomic E-state index is -0.535. The maximum atomic E-state index is 13.9.